The van der Waals surface area contributed by atoms with Crippen LogP contribution in [-0.2, 0) is 11.8 Å². The Hall–Kier alpha value is -2.12. The summed E-state index contributed by atoms with van der Waals surface area (Å²) in [6, 6.07) is 5.54. The van der Waals surface area contributed by atoms with E-state index in [0.717, 1.165) is 29.7 Å². The van der Waals surface area contributed by atoms with Crippen molar-refractivity contribution in [3.05, 3.63) is 24.4 Å². The van der Waals surface area contributed by atoms with E-state index in [2.05, 4.69) is 20.6 Å². The van der Waals surface area contributed by atoms with Gasteiger partial charge >= 0.3 is 6.03 Å². The molecule has 0 saturated carbocycles. The van der Waals surface area contributed by atoms with Gasteiger partial charge in [-0.3, -0.25) is 4.68 Å². The van der Waals surface area contributed by atoms with Gasteiger partial charge in [0, 0.05) is 37.8 Å². The fourth-order valence-corrected chi connectivity index (χ4v) is 3.06. The topological polar surface area (TPSA) is 71.4 Å². The van der Waals surface area contributed by atoms with Gasteiger partial charge in [-0.1, -0.05) is 0 Å². The maximum absolute atomic E-state index is 12.2. The third-order valence-corrected chi connectivity index (χ3v) is 4.15. The molecule has 1 aliphatic rings. The summed E-state index contributed by atoms with van der Waals surface area (Å²) in [6.45, 7) is 4.24. The third-order valence-electron chi connectivity index (χ3n) is 4.15. The van der Waals surface area contributed by atoms with Gasteiger partial charge in [-0.05, 0) is 32.2 Å². The number of urea groups is 1. The first-order valence-electron chi connectivity index (χ1n) is 7.86. The van der Waals surface area contributed by atoms with Crippen molar-refractivity contribution in [2.24, 2.45) is 7.05 Å². The Bertz CT molecular complexity index is 699. The number of ether oxygens (including phenoxy) is 1. The van der Waals surface area contributed by atoms with E-state index >= 15 is 0 Å². The molecule has 2 aromatic rings. The second-order valence-electron chi connectivity index (χ2n) is 5.96. The standard InChI is InChI=1S/C16H23N5O2/c1-4-23-15-10-20(2)9-13(15)19-16(22)18-12-5-6-14-11(7-12)8-17-21(14)3/h5-8,13,15H,4,9-10H2,1-3H3,(H2,18,19,22)/t13-,15-/m1/s1. The molecule has 2 heterocycles. The van der Waals surface area contributed by atoms with E-state index in [0.29, 0.717) is 6.61 Å². The van der Waals surface area contributed by atoms with E-state index in [-0.39, 0.29) is 18.2 Å². The molecule has 124 valence electrons. The Labute approximate surface area is 135 Å². The molecule has 2 atom stereocenters. The van der Waals surface area contributed by atoms with Gasteiger partial charge in [0.15, 0.2) is 0 Å². The van der Waals surface area contributed by atoms with Crippen LogP contribution in [0.15, 0.2) is 24.4 Å². The van der Waals surface area contributed by atoms with Crippen LogP contribution in [0.4, 0.5) is 10.5 Å². The molecule has 1 aromatic carbocycles. The van der Waals surface area contributed by atoms with Gasteiger partial charge in [0.2, 0.25) is 0 Å². The number of hydrogen-bond acceptors (Lipinski definition) is 4. The number of aryl methyl sites for hydroxylation is 1. The maximum Gasteiger partial charge on any atom is 0.319 e. The first kappa shape index (κ1) is 15.8. The predicted molar refractivity (Wildman–Crippen MR) is 89.6 cm³/mol. The lowest BCUT2D eigenvalue weighted by atomic mass is 10.2. The second kappa shape index (κ2) is 6.55. The molecule has 7 nitrogen and oxygen atoms in total. The highest BCUT2D eigenvalue weighted by Crippen LogP contribution is 2.18. The molecule has 7 heteroatoms. The van der Waals surface area contributed by atoms with Crippen molar-refractivity contribution in [3.8, 4) is 0 Å². The average molecular weight is 317 g/mol. The summed E-state index contributed by atoms with van der Waals surface area (Å²) in [4.78, 5) is 14.4. The molecule has 2 amide bonds. The highest BCUT2D eigenvalue weighted by molar-refractivity contribution is 5.92. The molecular weight excluding hydrogens is 294 g/mol. The molecule has 3 rings (SSSR count). The van der Waals surface area contributed by atoms with Crippen LogP contribution in [0.2, 0.25) is 0 Å². The number of benzene rings is 1. The number of fused-ring (bicyclic) bond motifs is 1. The minimum Gasteiger partial charge on any atom is -0.375 e. The van der Waals surface area contributed by atoms with Crippen molar-refractivity contribution < 1.29 is 9.53 Å². The number of likely N-dealkylation sites (tertiary alicyclic amines) is 1. The molecule has 2 N–H and O–H groups in total. The summed E-state index contributed by atoms with van der Waals surface area (Å²) in [7, 11) is 3.93. The van der Waals surface area contributed by atoms with Crippen LogP contribution in [0.1, 0.15) is 6.92 Å². The Morgan fingerprint density at radius 3 is 3.00 bits per heavy atom. The lowest BCUT2D eigenvalue weighted by Crippen LogP contribution is -2.45. The van der Waals surface area contributed by atoms with Crippen LogP contribution in [0.5, 0.6) is 0 Å². The Morgan fingerprint density at radius 1 is 1.39 bits per heavy atom. The van der Waals surface area contributed by atoms with Crippen LogP contribution in [-0.4, -0.2) is 59.6 Å². The molecule has 1 aliphatic heterocycles. The molecule has 0 bridgehead atoms. The van der Waals surface area contributed by atoms with E-state index in [4.69, 9.17) is 4.74 Å². The van der Waals surface area contributed by atoms with Gasteiger partial charge in [0.05, 0.1) is 23.9 Å². The van der Waals surface area contributed by atoms with Crippen molar-refractivity contribution in [1.82, 2.24) is 20.0 Å². The van der Waals surface area contributed by atoms with Gasteiger partial charge in [0.25, 0.3) is 0 Å². The van der Waals surface area contributed by atoms with Crippen LogP contribution in [0.3, 0.4) is 0 Å². The summed E-state index contributed by atoms with van der Waals surface area (Å²) >= 11 is 0. The number of anilines is 1. The van der Waals surface area contributed by atoms with E-state index in [1.54, 1.807) is 10.9 Å². The molecule has 1 fully saturated rings. The molecule has 1 aromatic heterocycles. The van der Waals surface area contributed by atoms with Gasteiger partial charge in [0.1, 0.15) is 0 Å². The highest BCUT2D eigenvalue weighted by atomic mass is 16.5. The molecule has 0 radical (unpaired) electrons. The zero-order chi connectivity index (χ0) is 16.4. The number of hydrogen-bond donors (Lipinski definition) is 2. The summed E-state index contributed by atoms with van der Waals surface area (Å²) < 4.78 is 7.51. The molecule has 0 spiro atoms. The smallest absolute Gasteiger partial charge is 0.319 e. The van der Waals surface area contributed by atoms with E-state index in [9.17, 15) is 4.79 Å². The summed E-state index contributed by atoms with van der Waals surface area (Å²) in [5, 5.41) is 11.1. The average Bonchev–Trinajstić information content (AvgIpc) is 3.03. The number of likely N-dealkylation sites (N-methyl/N-ethyl adjacent to an activating group) is 1. The number of aromatic nitrogens is 2. The molecule has 23 heavy (non-hydrogen) atoms. The van der Waals surface area contributed by atoms with Gasteiger partial charge in [-0.15, -0.1) is 0 Å². The van der Waals surface area contributed by atoms with Crippen molar-refractivity contribution in [2.75, 3.05) is 32.1 Å². The lowest BCUT2D eigenvalue weighted by Gasteiger charge is -2.20. The normalized spacial score (nSPS) is 21.7. The van der Waals surface area contributed by atoms with E-state index < -0.39 is 0 Å². The van der Waals surface area contributed by atoms with Crippen LogP contribution < -0.4 is 10.6 Å². The third kappa shape index (κ3) is 3.46. The van der Waals surface area contributed by atoms with Gasteiger partial charge in [-0.2, -0.15) is 5.10 Å². The summed E-state index contributed by atoms with van der Waals surface area (Å²) in [5.41, 5.74) is 1.78. The quantitative estimate of drug-likeness (QED) is 0.894. The number of rotatable bonds is 4. The van der Waals surface area contributed by atoms with Crippen molar-refractivity contribution >= 4 is 22.6 Å². The van der Waals surface area contributed by atoms with Crippen molar-refractivity contribution in [1.29, 1.82) is 0 Å². The summed E-state index contributed by atoms with van der Waals surface area (Å²) in [6.07, 6.45) is 1.83. The minimum absolute atomic E-state index is 0.00192. The largest absolute Gasteiger partial charge is 0.375 e. The maximum atomic E-state index is 12.2. The zero-order valence-electron chi connectivity index (χ0n) is 13.7. The fourth-order valence-electron chi connectivity index (χ4n) is 3.06. The predicted octanol–water partition coefficient (Wildman–Crippen LogP) is 1.41. The number of amides is 2. The van der Waals surface area contributed by atoms with Crippen LogP contribution >= 0.6 is 0 Å². The Kier molecular flexibility index (Phi) is 4.49. The first-order chi connectivity index (χ1) is 11.1. The number of nitrogens with zero attached hydrogens (tertiary/aromatic N) is 3. The van der Waals surface area contributed by atoms with Crippen LogP contribution in [0.25, 0.3) is 10.9 Å². The SMILES string of the molecule is CCO[C@@H]1CN(C)C[C@H]1NC(=O)Nc1ccc2c(cnn2C)c1. The number of nitrogens with one attached hydrogen (secondary N) is 2. The summed E-state index contributed by atoms with van der Waals surface area (Å²) in [5.74, 6) is 0. The molecule has 0 unspecified atom stereocenters. The minimum atomic E-state index is -0.210. The van der Waals surface area contributed by atoms with E-state index in [1.165, 1.54) is 0 Å². The van der Waals surface area contributed by atoms with Crippen LogP contribution in [0, 0.1) is 0 Å². The number of carbonyl (C=O) groups excluding carboxylic acids is 1. The Balaban J connectivity index is 1.63. The molecular formula is C16H23N5O2. The highest BCUT2D eigenvalue weighted by Gasteiger charge is 2.32. The molecule has 1 saturated heterocycles. The van der Waals surface area contributed by atoms with Crippen molar-refractivity contribution in [2.45, 2.75) is 19.1 Å². The zero-order valence-corrected chi connectivity index (χ0v) is 13.7. The number of carbonyl (C=O) groups is 1. The van der Waals surface area contributed by atoms with Crippen molar-refractivity contribution in [3.63, 3.8) is 0 Å². The fraction of sp³-hybridized carbons (Fsp3) is 0.500. The lowest BCUT2D eigenvalue weighted by molar-refractivity contribution is 0.0568. The monoisotopic (exact) mass is 317 g/mol. The Morgan fingerprint density at radius 2 is 2.22 bits per heavy atom. The van der Waals surface area contributed by atoms with E-state index in [1.807, 2.05) is 39.2 Å². The second-order valence-corrected chi connectivity index (χ2v) is 5.96. The first-order valence-corrected chi connectivity index (χ1v) is 7.86. The molecule has 0 aliphatic carbocycles. The van der Waals surface area contributed by atoms with Gasteiger partial charge in [-0.25, -0.2) is 4.79 Å². The van der Waals surface area contributed by atoms with Gasteiger partial charge < -0.3 is 20.3 Å².